The predicted molar refractivity (Wildman–Crippen MR) is 262 cm³/mol. The second-order valence-electron chi connectivity index (χ2n) is 19.8. The van der Waals surface area contributed by atoms with Crippen molar-refractivity contribution in [1.29, 1.82) is 0 Å². The lowest BCUT2D eigenvalue weighted by Crippen LogP contribution is -2.17. The largest absolute Gasteiger partial charge is 0.456 e. The lowest BCUT2D eigenvalue weighted by atomic mass is 9.79. The number of rotatable bonds is 5. The molecular weight excluding hydrogens is 755 g/mol. The summed E-state index contributed by atoms with van der Waals surface area (Å²) in [5, 5.41) is 4.38. The molecule has 0 bridgehead atoms. The van der Waals surface area contributed by atoms with Crippen LogP contribution in [0.4, 0.5) is 17.1 Å². The molecule has 8 aromatic carbocycles. The van der Waals surface area contributed by atoms with E-state index in [2.05, 4.69) is 218 Å². The number of nitrogens with zero attached hydrogens (tertiary/aromatic N) is 1. The average Bonchev–Trinajstić information content (AvgIpc) is 3.91. The van der Waals surface area contributed by atoms with Crippen molar-refractivity contribution in [2.75, 3.05) is 4.90 Å². The monoisotopic (exact) mass is 805 g/mol. The molecule has 304 valence electrons. The van der Waals surface area contributed by atoms with E-state index < -0.39 is 0 Å². The summed E-state index contributed by atoms with van der Waals surface area (Å²) in [4.78, 5) is 2.49. The number of benzene rings is 8. The van der Waals surface area contributed by atoms with E-state index in [0.717, 1.165) is 77.6 Å². The highest BCUT2D eigenvalue weighted by Crippen LogP contribution is 2.53. The first kappa shape index (κ1) is 38.1. The quantitative estimate of drug-likeness (QED) is 0.174. The Morgan fingerprint density at radius 1 is 0.419 bits per heavy atom. The fourth-order valence-corrected chi connectivity index (χ4v) is 9.93. The Kier molecular flexibility index (Phi) is 8.35. The van der Waals surface area contributed by atoms with E-state index in [1.807, 2.05) is 6.07 Å². The van der Waals surface area contributed by atoms with Gasteiger partial charge in [-0.15, -0.1) is 0 Å². The summed E-state index contributed by atoms with van der Waals surface area (Å²) < 4.78 is 13.4. The van der Waals surface area contributed by atoms with Crippen molar-refractivity contribution in [3.05, 3.63) is 186 Å². The summed E-state index contributed by atoms with van der Waals surface area (Å²) in [5.41, 5.74) is 18.8. The highest BCUT2D eigenvalue weighted by molar-refractivity contribution is 6.15. The molecule has 0 saturated heterocycles. The van der Waals surface area contributed by atoms with Crippen molar-refractivity contribution >= 4 is 60.9 Å². The van der Waals surface area contributed by atoms with Gasteiger partial charge in [-0.1, -0.05) is 177 Å². The second-order valence-corrected chi connectivity index (χ2v) is 19.8. The standard InChI is InChI=1S/C59H51NO2/c1-57(2,3)38-31-37(32-39(34-38)58(4,5)6)36-27-29-43(45-20-15-21-46-44-18-10-13-24-52(44)62-56(45)46)51(33-36)60(50-23-16-26-54-55(50)47-19-11-14-25-53(47)61-54)40-28-30-42-41-17-9-12-22-48(41)59(7,8)49(42)35-40/h9-35H,1-8H3. The summed E-state index contributed by atoms with van der Waals surface area (Å²) in [6.45, 7) is 18.6. The zero-order valence-corrected chi connectivity index (χ0v) is 36.9. The first-order valence-electron chi connectivity index (χ1n) is 21.9. The van der Waals surface area contributed by atoms with Gasteiger partial charge in [0.25, 0.3) is 0 Å². The third-order valence-electron chi connectivity index (χ3n) is 13.4. The first-order chi connectivity index (χ1) is 29.8. The molecule has 11 rings (SSSR count). The molecule has 0 radical (unpaired) electrons. The van der Waals surface area contributed by atoms with Gasteiger partial charge in [0.2, 0.25) is 0 Å². The summed E-state index contributed by atoms with van der Waals surface area (Å²) in [6.07, 6.45) is 0. The number of para-hydroxylation sites is 3. The van der Waals surface area contributed by atoms with Crippen LogP contribution in [-0.2, 0) is 16.2 Å². The highest BCUT2D eigenvalue weighted by atomic mass is 16.3. The van der Waals surface area contributed by atoms with Crippen LogP contribution < -0.4 is 4.90 Å². The number of anilines is 3. The zero-order valence-electron chi connectivity index (χ0n) is 36.9. The van der Waals surface area contributed by atoms with Crippen molar-refractivity contribution < 1.29 is 8.83 Å². The van der Waals surface area contributed by atoms with Crippen molar-refractivity contribution in [1.82, 2.24) is 0 Å². The van der Waals surface area contributed by atoms with E-state index in [0.29, 0.717) is 0 Å². The molecule has 0 unspecified atom stereocenters. The molecule has 2 aromatic heterocycles. The highest BCUT2D eigenvalue weighted by Gasteiger charge is 2.36. The van der Waals surface area contributed by atoms with Crippen LogP contribution in [-0.4, -0.2) is 0 Å². The fraction of sp³-hybridized carbons (Fsp3) is 0.186. The van der Waals surface area contributed by atoms with Crippen molar-refractivity contribution in [2.24, 2.45) is 0 Å². The van der Waals surface area contributed by atoms with Crippen molar-refractivity contribution in [3.63, 3.8) is 0 Å². The van der Waals surface area contributed by atoms with Crippen molar-refractivity contribution in [3.8, 4) is 33.4 Å². The summed E-state index contributed by atoms with van der Waals surface area (Å²) >= 11 is 0. The Balaban J connectivity index is 1.26. The summed E-state index contributed by atoms with van der Waals surface area (Å²) in [6, 6.07) is 60.1. The Hall–Kier alpha value is -6.84. The SMILES string of the molecule is CC(C)(C)c1cc(-c2ccc(-c3cccc4c3oc3ccccc34)c(N(c3ccc4c(c3)C(C)(C)c3ccccc3-4)c3cccc4oc5ccccc5c34)c2)cc(C(C)(C)C)c1. The number of hydrogen-bond acceptors (Lipinski definition) is 3. The van der Waals surface area contributed by atoms with Gasteiger partial charge in [0.05, 0.1) is 16.8 Å². The number of furan rings is 2. The van der Waals surface area contributed by atoms with Crippen LogP contribution in [0.2, 0.25) is 0 Å². The lowest BCUT2D eigenvalue weighted by Gasteiger charge is -2.31. The van der Waals surface area contributed by atoms with Crippen LogP contribution in [0.15, 0.2) is 173 Å². The van der Waals surface area contributed by atoms with Gasteiger partial charge >= 0.3 is 0 Å². The van der Waals surface area contributed by atoms with Crippen LogP contribution in [0.5, 0.6) is 0 Å². The van der Waals surface area contributed by atoms with Crippen LogP contribution in [0.25, 0.3) is 77.3 Å². The molecule has 0 saturated carbocycles. The van der Waals surface area contributed by atoms with E-state index in [9.17, 15) is 0 Å². The Morgan fingerprint density at radius 3 is 1.77 bits per heavy atom. The minimum absolute atomic E-state index is 0.0332. The van der Waals surface area contributed by atoms with E-state index in [1.54, 1.807) is 0 Å². The zero-order chi connectivity index (χ0) is 42.7. The van der Waals surface area contributed by atoms with Gasteiger partial charge in [0.15, 0.2) is 0 Å². The predicted octanol–water partition coefficient (Wildman–Crippen LogP) is 17.2. The van der Waals surface area contributed by atoms with E-state index in [-0.39, 0.29) is 16.2 Å². The number of fused-ring (bicyclic) bond motifs is 9. The molecule has 0 aliphatic heterocycles. The van der Waals surface area contributed by atoms with Crippen molar-refractivity contribution in [2.45, 2.75) is 71.6 Å². The average molecular weight is 806 g/mol. The molecule has 62 heavy (non-hydrogen) atoms. The summed E-state index contributed by atoms with van der Waals surface area (Å²) in [7, 11) is 0. The van der Waals surface area contributed by atoms with E-state index >= 15 is 0 Å². The molecule has 0 amide bonds. The third-order valence-corrected chi connectivity index (χ3v) is 13.4. The smallest absolute Gasteiger partial charge is 0.143 e. The third kappa shape index (κ3) is 5.93. The van der Waals surface area contributed by atoms with Crippen LogP contribution in [0.3, 0.4) is 0 Å². The maximum Gasteiger partial charge on any atom is 0.143 e. The Morgan fingerprint density at radius 2 is 1.02 bits per heavy atom. The Bertz CT molecular complexity index is 3380. The summed E-state index contributed by atoms with van der Waals surface area (Å²) in [5.74, 6) is 0. The lowest BCUT2D eigenvalue weighted by molar-refractivity contribution is 0.569. The molecule has 3 nitrogen and oxygen atoms in total. The molecule has 0 atom stereocenters. The normalized spacial score (nSPS) is 13.6. The van der Waals surface area contributed by atoms with Gasteiger partial charge in [0.1, 0.15) is 22.3 Å². The Labute approximate surface area is 364 Å². The van der Waals surface area contributed by atoms with Gasteiger partial charge in [0, 0.05) is 38.4 Å². The van der Waals surface area contributed by atoms with Crippen LogP contribution in [0.1, 0.15) is 77.6 Å². The molecule has 2 heterocycles. The first-order valence-corrected chi connectivity index (χ1v) is 21.9. The van der Waals surface area contributed by atoms with E-state index in [1.165, 1.54) is 38.9 Å². The molecule has 1 aliphatic rings. The van der Waals surface area contributed by atoms with Gasteiger partial charge in [-0.25, -0.2) is 0 Å². The number of hydrogen-bond donors (Lipinski definition) is 0. The maximum absolute atomic E-state index is 6.81. The fourth-order valence-electron chi connectivity index (χ4n) is 9.93. The molecular formula is C59H51NO2. The maximum atomic E-state index is 6.81. The van der Waals surface area contributed by atoms with Crippen LogP contribution in [0, 0.1) is 0 Å². The second kappa shape index (κ2) is 13.6. The molecule has 0 N–H and O–H groups in total. The molecule has 3 heteroatoms. The molecule has 0 spiro atoms. The van der Waals surface area contributed by atoms with Gasteiger partial charge in [-0.3, -0.25) is 0 Å². The molecule has 1 aliphatic carbocycles. The minimum atomic E-state index is -0.191. The van der Waals surface area contributed by atoms with Crippen LogP contribution >= 0.6 is 0 Å². The van der Waals surface area contributed by atoms with Gasteiger partial charge < -0.3 is 13.7 Å². The minimum Gasteiger partial charge on any atom is -0.456 e. The van der Waals surface area contributed by atoms with Gasteiger partial charge in [-0.05, 0) is 97.8 Å². The van der Waals surface area contributed by atoms with Gasteiger partial charge in [-0.2, -0.15) is 0 Å². The molecule has 10 aromatic rings. The van der Waals surface area contributed by atoms with E-state index in [4.69, 9.17) is 8.83 Å². The topological polar surface area (TPSA) is 29.5 Å². The molecule has 0 fully saturated rings.